The lowest BCUT2D eigenvalue weighted by Gasteiger charge is -2.34. The van der Waals surface area contributed by atoms with Gasteiger partial charge in [-0.3, -0.25) is 13.8 Å². The molecule has 4 aromatic rings. The molecule has 0 aliphatic carbocycles. The van der Waals surface area contributed by atoms with Crippen LogP contribution in [0.15, 0.2) is 101 Å². The maximum Gasteiger partial charge on any atom is 0.267 e. The molecule has 1 heterocycles. The van der Waals surface area contributed by atoms with Gasteiger partial charge in [-0.2, -0.15) is 0 Å². The predicted molar refractivity (Wildman–Crippen MR) is 159 cm³/mol. The van der Waals surface area contributed by atoms with E-state index < -0.39 is 32.1 Å². The summed E-state index contributed by atoms with van der Waals surface area (Å²) in [4.78, 5) is 13.2. The van der Waals surface area contributed by atoms with E-state index in [4.69, 9.17) is 27.9 Å². The summed E-state index contributed by atoms with van der Waals surface area (Å²) in [6.45, 7) is 1.46. The van der Waals surface area contributed by atoms with Gasteiger partial charge in [-0.05, 0) is 85.3 Å². The van der Waals surface area contributed by atoms with E-state index in [-0.39, 0.29) is 22.1 Å². The van der Waals surface area contributed by atoms with Crippen LogP contribution in [0, 0.1) is 6.92 Å². The molecule has 41 heavy (non-hydrogen) atoms. The molecule has 1 amide bonds. The summed E-state index contributed by atoms with van der Waals surface area (Å²) in [5.74, 6) is -0.389. The molecule has 0 spiro atoms. The first-order chi connectivity index (χ1) is 19.4. The topological polar surface area (TPSA) is 122 Å². The third-order valence-corrected chi connectivity index (χ3v) is 9.97. The van der Waals surface area contributed by atoms with Gasteiger partial charge in [-0.1, -0.05) is 41.4 Å². The van der Waals surface area contributed by atoms with Gasteiger partial charge in [-0.25, -0.2) is 16.8 Å². The highest BCUT2D eigenvalue weighted by Crippen LogP contribution is 2.37. The molecule has 4 aromatic carbocycles. The summed E-state index contributed by atoms with van der Waals surface area (Å²) in [7, 11) is -7.98. The molecule has 0 fully saturated rings. The minimum absolute atomic E-state index is 0.0103. The number of hydrogen-bond donors (Lipinski definition) is 2. The standard InChI is InChI=1S/C28H23Cl2N3O6S2/c1-18-6-7-20(30)16-24(18)32-40(35,36)22-14-10-21(11-15-22)31-28(34)27-17-33(25-4-2-3-5-26(25)39-27)41(37,38)23-12-8-19(29)9-13-23/h2-16,27,32H,17H2,1H3,(H,31,34). The Labute approximate surface area is 247 Å². The highest BCUT2D eigenvalue weighted by molar-refractivity contribution is 7.93. The van der Waals surface area contributed by atoms with Crippen LogP contribution < -0.4 is 19.1 Å². The molecule has 1 aliphatic heterocycles. The van der Waals surface area contributed by atoms with Crippen LogP contribution >= 0.6 is 23.2 Å². The van der Waals surface area contributed by atoms with E-state index in [2.05, 4.69) is 10.0 Å². The summed E-state index contributed by atoms with van der Waals surface area (Å²) >= 11 is 11.9. The molecule has 1 atom stereocenters. The minimum Gasteiger partial charge on any atom is -0.476 e. The first-order valence-corrected chi connectivity index (χ1v) is 15.9. The fourth-order valence-corrected chi connectivity index (χ4v) is 7.04. The van der Waals surface area contributed by atoms with E-state index in [1.165, 1.54) is 54.6 Å². The van der Waals surface area contributed by atoms with Gasteiger partial charge < -0.3 is 10.1 Å². The van der Waals surface area contributed by atoms with E-state index in [0.29, 0.717) is 32.7 Å². The second kappa shape index (κ2) is 11.2. The largest absolute Gasteiger partial charge is 0.476 e. The van der Waals surface area contributed by atoms with Crippen LogP contribution in [0.4, 0.5) is 17.1 Å². The maximum absolute atomic E-state index is 13.5. The molecule has 0 radical (unpaired) electrons. The van der Waals surface area contributed by atoms with Gasteiger partial charge in [0.1, 0.15) is 5.75 Å². The first kappa shape index (κ1) is 28.7. The number of carbonyl (C=O) groups excluding carboxylic acids is 1. The van der Waals surface area contributed by atoms with Gasteiger partial charge in [-0.15, -0.1) is 0 Å². The van der Waals surface area contributed by atoms with Crippen LogP contribution in [0.1, 0.15) is 5.56 Å². The number of fused-ring (bicyclic) bond motifs is 1. The van der Waals surface area contributed by atoms with Crippen molar-refractivity contribution in [1.29, 1.82) is 0 Å². The fraction of sp³-hybridized carbons (Fsp3) is 0.107. The average molecular weight is 633 g/mol. The molecule has 9 nitrogen and oxygen atoms in total. The highest BCUT2D eigenvalue weighted by Gasteiger charge is 2.37. The molecule has 2 N–H and O–H groups in total. The molecule has 0 saturated heterocycles. The van der Waals surface area contributed by atoms with Crippen molar-refractivity contribution >= 4 is 66.2 Å². The van der Waals surface area contributed by atoms with Crippen LogP contribution in [-0.2, 0) is 24.8 Å². The number of sulfonamides is 2. The number of anilines is 3. The number of hydrogen-bond acceptors (Lipinski definition) is 6. The molecular formula is C28H23Cl2N3O6S2. The molecule has 1 unspecified atom stereocenters. The summed E-state index contributed by atoms with van der Waals surface area (Å²) in [6, 6.07) is 22.6. The van der Waals surface area contributed by atoms with Gasteiger partial charge >= 0.3 is 0 Å². The van der Waals surface area contributed by atoms with Crippen molar-refractivity contribution < 1.29 is 26.4 Å². The van der Waals surface area contributed by atoms with E-state index in [1.807, 2.05) is 0 Å². The molecule has 13 heteroatoms. The van der Waals surface area contributed by atoms with Crippen molar-refractivity contribution in [3.8, 4) is 5.75 Å². The van der Waals surface area contributed by atoms with Gasteiger partial charge in [0.15, 0.2) is 6.10 Å². The molecule has 1 aliphatic rings. The Bertz CT molecular complexity index is 1830. The van der Waals surface area contributed by atoms with Gasteiger partial charge in [0, 0.05) is 15.7 Å². The van der Waals surface area contributed by atoms with E-state index >= 15 is 0 Å². The average Bonchev–Trinajstić information content (AvgIpc) is 2.94. The van der Waals surface area contributed by atoms with Crippen molar-refractivity contribution in [2.24, 2.45) is 0 Å². The van der Waals surface area contributed by atoms with Crippen molar-refractivity contribution in [3.05, 3.63) is 107 Å². The zero-order chi connectivity index (χ0) is 29.4. The summed E-state index contributed by atoms with van der Waals surface area (Å²) < 4.78 is 62.3. The lowest BCUT2D eigenvalue weighted by molar-refractivity contribution is -0.122. The fourth-order valence-electron chi connectivity index (χ4n) is 4.15. The van der Waals surface area contributed by atoms with Crippen LogP contribution in [0.2, 0.25) is 10.0 Å². The van der Waals surface area contributed by atoms with Crippen LogP contribution in [0.5, 0.6) is 5.75 Å². The zero-order valence-electron chi connectivity index (χ0n) is 21.4. The van der Waals surface area contributed by atoms with Crippen molar-refractivity contribution in [1.82, 2.24) is 0 Å². The Kier molecular flexibility index (Phi) is 7.89. The van der Waals surface area contributed by atoms with Crippen molar-refractivity contribution in [3.63, 3.8) is 0 Å². The zero-order valence-corrected chi connectivity index (χ0v) is 24.6. The number of ether oxygens (including phenoxy) is 1. The number of aryl methyl sites for hydroxylation is 1. The number of nitrogens with zero attached hydrogens (tertiary/aromatic N) is 1. The number of halogens is 2. The Morgan fingerprint density at radius 3 is 2.20 bits per heavy atom. The van der Waals surface area contributed by atoms with Crippen LogP contribution in [0.3, 0.4) is 0 Å². The lowest BCUT2D eigenvalue weighted by Crippen LogP contribution is -2.48. The monoisotopic (exact) mass is 631 g/mol. The van der Waals surface area contributed by atoms with E-state index in [0.717, 1.165) is 4.31 Å². The van der Waals surface area contributed by atoms with Crippen molar-refractivity contribution in [2.45, 2.75) is 22.8 Å². The predicted octanol–water partition coefficient (Wildman–Crippen LogP) is 5.70. The number of nitrogens with one attached hydrogen (secondary N) is 2. The quantitative estimate of drug-likeness (QED) is 0.270. The normalized spacial score (nSPS) is 15.0. The molecule has 0 bridgehead atoms. The van der Waals surface area contributed by atoms with Crippen molar-refractivity contribution in [2.75, 3.05) is 20.9 Å². The number of benzene rings is 4. The summed E-state index contributed by atoms with van der Waals surface area (Å²) in [5, 5.41) is 3.45. The molecule has 0 aromatic heterocycles. The third kappa shape index (κ3) is 6.13. The van der Waals surface area contributed by atoms with Gasteiger partial charge in [0.05, 0.1) is 27.7 Å². The van der Waals surface area contributed by atoms with Gasteiger partial charge in [0.2, 0.25) is 0 Å². The minimum atomic E-state index is -4.05. The Morgan fingerprint density at radius 2 is 1.49 bits per heavy atom. The number of carbonyl (C=O) groups is 1. The SMILES string of the molecule is Cc1ccc(Cl)cc1NS(=O)(=O)c1ccc(NC(=O)C2CN(S(=O)(=O)c3ccc(Cl)cc3)c3ccccc3O2)cc1. The second-order valence-electron chi connectivity index (χ2n) is 9.14. The lowest BCUT2D eigenvalue weighted by atomic mass is 10.2. The van der Waals surface area contributed by atoms with Crippen LogP contribution in [-0.4, -0.2) is 35.4 Å². The highest BCUT2D eigenvalue weighted by atomic mass is 35.5. The summed E-state index contributed by atoms with van der Waals surface area (Å²) in [5.41, 5.74) is 1.64. The number of amides is 1. The maximum atomic E-state index is 13.5. The smallest absolute Gasteiger partial charge is 0.267 e. The molecule has 0 saturated carbocycles. The molecule has 5 rings (SSSR count). The second-order valence-corrected chi connectivity index (χ2v) is 13.6. The Morgan fingerprint density at radius 1 is 0.854 bits per heavy atom. The molecular weight excluding hydrogens is 609 g/mol. The third-order valence-electron chi connectivity index (χ3n) is 6.30. The Balaban J connectivity index is 1.34. The summed E-state index contributed by atoms with van der Waals surface area (Å²) in [6.07, 6.45) is -1.19. The number of rotatable bonds is 7. The van der Waals surface area contributed by atoms with E-state index in [1.54, 1.807) is 43.3 Å². The van der Waals surface area contributed by atoms with Crippen LogP contribution in [0.25, 0.3) is 0 Å². The Hall–Kier alpha value is -3.77. The van der Waals surface area contributed by atoms with E-state index in [9.17, 15) is 21.6 Å². The molecule has 212 valence electrons. The first-order valence-electron chi connectivity index (χ1n) is 12.2. The number of para-hydroxylation sites is 2. The van der Waals surface area contributed by atoms with Gasteiger partial charge in [0.25, 0.3) is 26.0 Å².